The first-order valence-corrected chi connectivity index (χ1v) is 9.82. The van der Waals surface area contributed by atoms with Gasteiger partial charge in [-0.2, -0.15) is 0 Å². The molecule has 0 radical (unpaired) electrons. The maximum Gasteiger partial charge on any atom is 0.182 e. The van der Waals surface area contributed by atoms with E-state index in [9.17, 15) is 4.39 Å². The summed E-state index contributed by atoms with van der Waals surface area (Å²) < 4.78 is 27.9. The maximum atomic E-state index is 15.0. The first-order valence-electron chi connectivity index (χ1n) is 9.00. The summed E-state index contributed by atoms with van der Waals surface area (Å²) in [4.78, 5) is 0. The average Bonchev–Trinajstić information content (AvgIpc) is 3.26. The molecule has 0 N–H and O–H groups in total. The van der Waals surface area contributed by atoms with Crippen LogP contribution in [0.2, 0.25) is 0 Å². The van der Waals surface area contributed by atoms with E-state index in [1.807, 2.05) is 25.1 Å². The van der Waals surface area contributed by atoms with Crippen LogP contribution in [0.3, 0.4) is 0 Å². The highest BCUT2D eigenvalue weighted by Crippen LogP contribution is 2.42. The minimum Gasteiger partial charge on any atom is -0.496 e. The molecule has 0 atom stereocenters. The lowest BCUT2D eigenvalue weighted by Crippen LogP contribution is -2.04. The largest absolute Gasteiger partial charge is 0.496 e. The van der Waals surface area contributed by atoms with Crippen molar-refractivity contribution in [2.45, 2.75) is 39.0 Å². The van der Waals surface area contributed by atoms with Gasteiger partial charge in [-0.1, -0.05) is 25.7 Å². The zero-order valence-corrected chi connectivity index (χ0v) is 15.5. The standard InChI is InChI=1S/C21H23FO2S/c1-13-17(23-2)9-7-15-16-8-10-18(19(22)21(16)25-20(13)15)24-12-11-14-5-3-4-6-14/h7-10,14H,3-6,11-12H2,1-2H3. The Hall–Kier alpha value is -1.81. The van der Waals surface area contributed by atoms with Crippen molar-refractivity contribution in [3.8, 4) is 11.5 Å². The molecule has 1 aromatic heterocycles. The van der Waals surface area contributed by atoms with Crippen LogP contribution < -0.4 is 9.47 Å². The summed E-state index contributed by atoms with van der Waals surface area (Å²) in [6.45, 7) is 2.62. The Morgan fingerprint density at radius 2 is 1.72 bits per heavy atom. The van der Waals surface area contributed by atoms with Crippen molar-refractivity contribution in [1.29, 1.82) is 0 Å². The molecule has 1 aliphatic rings. The normalized spacial score (nSPS) is 15.3. The van der Waals surface area contributed by atoms with E-state index in [1.54, 1.807) is 13.2 Å². The van der Waals surface area contributed by atoms with Gasteiger partial charge in [0.25, 0.3) is 0 Å². The van der Waals surface area contributed by atoms with Crippen LogP contribution in [-0.4, -0.2) is 13.7 Å². The minimum absolute atomic E-state index is 0.233. The molecule has 2 aromatic carbocycles. The second-order valence-corrected chi connectivity index (χ2v) is 7.93. The Morgan fingerprint density at radius 3 is 2.44 bits per heavy atom. The first kappa shape index (κ1) is 16.6. The molecule has 3 aromatic rings. The Labute approximate surface area is 151 Å². The Balaban J connectivity index is 1.64. The van der Waals surface area contributed by atoms with Crippen LogP contribution in [-0.2, 0) is 0 Å². The SMILES string of the molecule is COc1ccc2c(sc3c(F)c(OCCC4CCCC4)ccc32)c1C. The number of fused-ring (bicyclic) bond motifs is 3. The van der Waals surface area contributed by atoms with Crippen LogP contribution >= 0.6 is 11.3 Å². The minimum atomic E-state index is -0.233. The molecule has 25 heavy (non-hydrogen) atoms. The van der Waals surface area contributed by atoms with Gasteiger partial charge in [0.05, 0.1) is 18.4 Å². The predicted molar refractivity (Wildman–Crippen MR) is 103 cm³/mol. The first-order chi connectivity index (χ1) is 12.2. The lowest BCUT2D eigenvalue weighted by molar-refractivity contribution is 0.269. The van der Waals surface area contributed by atoms with Crippen LogP contribution in [0.5, 0.6) is 11.5 Å². The topological polar surface area (TPSA) is 18.5 Å². The van der Waals surface area contributed by atoms with Crippen LogP contribution in [0, 0.1) is 18.7 Å². The van der Waals surface area contributed by atoms with E-state index in [4.69, 9.17) is 9.47 Å². The van der Waals surface area contributed by atoms with Crippen molar-refractivity contribution in [1.82, 2.24) is 0 Å². The molecule has 1 aliphatic carbocycles. The van der Waals surface area contributed by atoms with Gasteiger partial charge < -0.3 is 9.47 Å². The summed E-state index contributed by atoms with van der Waals surface area (Å²) >= 11 is 1.48. The van der Waals surface area contributed by atoms with Crippen molar-refractivity contribution in [3.63, 3.8) is 0 Å². The van der Waals surface area contributed by atoms with Crippen molar-refractivity contribution < 1.29 is 13.9 Å². The lowest BCUT2D eigenvalue weighted by Gasteiger charge is -2.11. The van der Waals surface area contributed by atoms with Gasteiger partial charge >= 0.3 is 0 Å². The molecule has 132 valence electrons. The van der Waals surface area contributed by atoms with Crippen molar-refractivity contribution in [2.24, 2.45) is 5.92 Å². The Kier molecular flexibility index (Phi) is 4.55. The highest BCUT2D eigenvalue weighted by molar-refractivity contribution is 7.26. The summed E-state index contributed by atoms with van der Waals surface area (Å²) in [5.74, 6) is 1.74. The molecule has 0 aliphatic heterocycles. The van der Waals surface area contributed by atoms with Gasteiger partial charge in [-0.25, -0.2) is 4.39 Å². The Morgan fingerprint density at radius 1 is 1.04 bits per heavy atom. The van der Waals surface area contributed by atoms with E-state index >= 15 is 0 Å². The molecule has 0 amide bonds. The smallest absolute Gasteiger partial charge is 0.182 e. The maximum absolute atomic E-state index is 15.0. The molecule has 0 unspecified atom stereocenters. The van der Waals surface area contributed by atoms with E-state index in [1.165, 1.54) is 37.0 Å². The molecule has 2 nitrogen and oxygen atoms in total. The van der Waals surface area contributed by atoms with Crippen molar-refractivity contribution >= 4 is 31.5 Å². The van der Waals surface area contributed by atoms with Gasteiger partial charge in [0.15, 0.2) is 11.6 Å². The molecule has 0 saturated heterocycles. The molecule has 4 heteroatoms. The molecule has 0 bridgehead atoms. The number of aryl methyl sites for hydroxylation is 1. The zero-order valence-electron chi connectivity index (χ0n) is 14.7. The summed E-state index contributed by atoms with van der Waals surface area (Å²) in [5.41, 5.74) is 1.06. The van der Waals surface area contributed by atoms with E-state index in [0.717, 1.165) is 39.1 Å². The summed E-state index contributed by atoms with van der Waals surface area (Å²) in [6.07, 6.45) is 6.27. The molecular weight excluding hydrogens is 335 g/mol. The van der Waals surface area contributed by atoms with Crippen LogP contribution in [0.1, 0.15) is 37.7 Å². The van der Waals surface area contributed by atoms with Gasteiger partial charge in [0.2, 0.25) is 0 Å². The average molecular weight is 358 g/mol. The van der Waals surface area contributed by atoms with Gasteiger partial charge in [-0.3, -0.25) is 0 Å². The monoisotopic (exact) mass is 358 g/mol. The molecule has 4 rings (SSSR count). The van der Waals surface area contributed by atoms with Gasteiger partial charge in [0, 0.05) is 21.0 Å². The number of ether oxygens (including phenoxy) is 2. The number of methoxy groups -OCH3 is 1. The highest BCUT2D eigenvalue weighted by Gasteiger charge is 2.18. The number of thiophene rings is 1. The van der Waals surface area contributed by atoms with Gasteiger partial charge in [-0.15, -0.1) is 11.3 Å². The summed E-state index contributed by atoms with van der Waals surface area (Å²) in [5, 5.41) is 2.03. The van der Waals surface area contributed by atoms with Gasteiger partial charge in [0.1, 0.15) is 5.75 Å². The number of rotatable bonds is 5. The second-order valence-electron chi connectivity index (χ2n) is 6.91. The molecule has 1 saturated carbocycles. The van der Waals surface area contributed by atoms with E-state index in [0.29, 0.717) is 17.1 Å². The fourth-order valence-electron chi connectivity index (χ4n) is 3.94. The van der Waals surface area contributed by atoms with E-state index in [2.05, 4.69) is 0 Å². The number of benzene rings is 2. The van der Waals surface area contributed by atoms with Crippen LogP contribution in [0.4, 0.5) is 4.39 Å². The van der Waals surface area contributed by atoms with Gasteiger partial charge in [-0.05, 0) is 43.5 Å². The van der Waals surface area contributed by atoms with Crippen molar-refractivity contribution in [2.75, 3.05) is 13.7 Å². The third-order valence-electron chi connectivity index (χ3n) is 5.39. The van der Waals surface area contributed by atoms with Crippen molar-refractivity contribution in [3.05, 3.63) is 35.6 Å². The molecule has 0 spiro atoms. The van der Waals surface area contributed by atoms with Crippen LogP contribution in [0.15, 0.2) is 24.3 Å². The second kappa shape index (κ2) is 6.83. The zero-order chi connectivity index (χ0) is 17.4. The summed E-state index contributed by atoms with van der Waals surface area (Å²) in [7, 11) is 1.67. The predicted octanol–water partition coefficient (Wildman–Crippen LogP) is 6.47. The third-order valence-corrected chi connectivity index (χ3v) is 6.72. The molecule has 1 fully saturated rings. The molecule has 1 heterocycles. The Bertz CT molecular complexity index is 909. The number of halogens is 1. The van der Waals surface area contributed by atoms with E-state index in [-0.39, 0.29) is 5.82 Å². The third kappa shape index (κ3) is 2.97. The van der Waals surface area contributed by atoms with E-state index < -0.39 is 0 Å². The number of hydrogen-bond acceptors (Lipinski definition) is 3. The van der Waals surface area contributed by atoms with Crippen LogP contribution in [0.25, 0.3) is 20.2 Å². The number of hydrogen-bond donors (Lipinski definition) is 0. The highest BCUT2D eigenvalue weighted by atomic mass is 32.1. The molecular formula is C21H23FO2S. The fourth-order valence-corrected chi connectivity index (χ4v) is 5.16. The lowest BCUT2D eigenvalue weighted by atomic mass is 10.1. The summed E-state index contributed by atoms with van der Waals surface area (Å²) in [6, 6.07) is 7.72. The fraction of sp³-hybridized carbons (Fsp3) is 0.429. The quantitative estimate of drug-likeness (QED) is 0.520.